The number of anilines is 1. The van der Waals surface area contributed by atoms with E-state index in [-0.39, 0.29) is 6.23 Å². The molecule has 1 saturated heterocycles. The largest absolute Gasteiger partial charge is 0.378 e. The van der Waals surface area contributed by atoms with E-state index in [0.717, 1.165) is 12.3 Å². The Morgan fingerprint density at radius 3 is 2.43 bits per heavy atom. The van der Waals surface area contributed by atoms with E-state index in [9.17, 15) is 0 Å². The van der Waals surface area contributed by atoms with Crippen LogP contribution >= 0.6 is 11.8 Å². The first-order chi connectivity index (χ1) is 11.1. The number of hydrogen-bond acceptors (Lipinski definition) is 3. The van der Waals surface area contributed by atoms with Gasteiger partial charge in [0.15, 0.2) is 0 Å². The second-order valence-electron chi connectivity index (χ2n) is 6.26. The maximum absolute atomic E-state index is 6.20. The third kappa shape index (κ3) is 4.28. The summed E-state index contributed by atoms with van der Waals surface area (Å²) in [6.45, 7) is 3.15. The lowest BCUT2D eigenvalue weighted by atomic mass is 10.2. The van der Waals surface area contributed by atoms with Gasteiger partial charge in [0, 0.05) is 36.0 Å². The zero-order valence-corrected chi connectivity index (χ0v) is 14.8. The number of rotatable bonds is 5. The predicted octanol–water partition coefficient (Wildman–Crippen LogP) is 2.81. The van der Waals surface area contributed by atoms with Crippen LogP contribution in [0, 0.1) is 6.92 Å². The first kappa shape index (κ1) is 16.4. The highest BCUT2D eigenvalue weighted by Gasteiger charge is 2.29. The van der Waals surface area contributed by atoms with Crippen molar-refractivity contribution in [1.29, 1.82) is 0 Å². The minimum absolute atomic E-state index is 0.134. The van der Waals surface area contributed by atoms with Crippen LogP contribution in [-0.4, -0.2) is 32.5 Å². The molecule has 1 aliphatic heterocycles. The van der Waals surface area contributed by atoms with Gasteiger partial charge >= 0.3 is 0 Å². The van der Waals surface area contributed by atoms with E-state index in [1.54, 1.807) is 0 Å². The van der Waals surface area contributed by atoms with Gasteiger partial charge in [-0.2, -0.15) is 0 Å². The Bertz CT molecular complexity index is 625. The highest BCUT2D eigenvalue weighted by Crippen LogP contribution is 2.24. The van der Waals surface area contributed by atoms with Crippen LogP contribution in [0.3, 0.4) is 0 Å². The normalized spacial score (nSPS) is 20.7. The monoisotopic (exact) mass is 329 g/mol. The van der Waals surface area contributed by atoms with E-state index in [2.05, 4.69) is 79.8 Å². The summed E-state index contributed by atoms with van der Waals surface area (Å²) < 4.78 is 6.20. The van der Waals surface area contributed by atoms with Gasteiger partial charge in [0.2, 0.25) is 6.23 Å². The summed E-state index contributed by atoms with van der Waals surface area (Å²) in [4.78, 5) is 3.43. The Balaban J connectivity index is 1.52. The standard InChI is InChI=1S/C19H24N2OS/c1-14-4-10-18(11-5-14)23-13-17-12-20-19(22-17)15-6-8-16(9-7-15)21(2)3/h4-11,17,19-20H,12-13H2,1-3H3/p+1/t17-,19-/m0/s1. The van der Waals surface area contributed by atoms with E-state index in [1.807, 2.05) is 11.8 Å². The number of benzene rings is 2. The van der Waals surface area contributed by atoms with E-state index in [0.29, 0.717) is 6.10 Å². The quantitative estimate of drug-likeness (QED) is 0.855. The molecule has 0 saturated carbocycles. The third-order valence-electron chi connectivity index (χ3n) is 4.15. The summed E-state index contributed by atoms with van der Waals surface area (Å²) in [6, 6.07) is 17.4. The summed E-state index contributed by atoms with van der Waals surface area (Å²) in [5.74, 6) is 1.01. The Morgan fingerprint density at radius 2 is 1.78 bits per heavy atom. The van der Waals surface area contributed by atoms with Crippen molar-refractivity contribution >= 4 is 17.4 Å². The first-order valence-corrected chi connectivity index (χ1v) is 9.06. The molecule has 0 bridgehead atoms. The maximum Gasteiger partial charge on any atom is 0.217 e. The number of quaternary nitrogens is 1. The van der Waals surface area contributed by atoms with Crippen LogP contribution in [0.1, 0.15) is 17.4 Å². The van der Waals surface area contributed by atoms with Gasteiger partial charge in [-0.25, -0.2) is 0 Å². The molecule has 0 unspecified atom stereocenters. The Hall–Kier alpha value is -1.49. The molecular formula is C19H25N2OS+. The molecule has 122 valence electrons. The van der Waals surface area contributed by atoms with E-state index < -0.39 is 0 Å². The number of ether oxygens (including phenoxy) is 1. The SMILES string of the molecule is Cc1ccc(SC[C@@H]2C[NH2+][C@H](c3ccc(N(C)C)cc3)O2)cc1. The van der Waals surface area contributed by atoms with Gasteiger partial charge in [-0.05, 0) is 43.3 Å². The number of aryl methyl sites for hydroxylation is 1. The van der Waals surface area contributed by atoms with Crippen molar-refractivity contribution in [3.63, 3.8) is 0 Å². The lowest BCUT2D eigenvalue weighted by Crippen LogP contribution is -2.82. The minimum atomic E-state index is 0.134. The molecule has 3 nitrogen and oxygen atoms in total. The Morgan fingerprint density at radius 1 is 1.09 bits per heavy atom. The second-order valence-corrected chi connectivity index (χ2v) is 7.35. The van der Waals surface area contributed by atoms with Crippen LogP contribution in [0.2, 0.25) is 0 Å². The average molecular weight is 329 g/mol. The second kappa shape index (κ2) is 7.39. The molecule has 4 heteroatoms. The van der Waals surface area contributed by atoms with Gasteiger partial charge in [-0.15, -0.1) is 11.8 Å². The molecule has 2 N–H and O–H groups in total. The van der Waals surface area contributed by atoms with Crippen LogP contribution in [0.5, 0.6) is 0 Å². The molecule has 2 aromatic rings. The lowest BCUT2D eigenvalue weighted by Gasteiger charge is -2.14. The molecule has 0 aliphatic carbocycles. The summed E-state index contributed by atoms with van der Waals surface area (Å²) in [6.07, 6.45) is 0.439. The first-order valence-electron chi connectivity index (χ1n) is 8.07. The highest BCUT2D eigenvalue weighted by atomic mass is 32.2. The Kier molecular flexibility index (Phi) is 5.26. The van der Waals surface area contributed by atoms with Crippen LogP contribution in [0.25, 0.3) is 0 Å². The number of hydrogen-bond donors (Lipinski definition) is 1. The van der Waals surface area contributed by atoms with Gasteiger partial charge in [0.25, 0.3) is 0 Å². The molecule has 1 aliphatic rings. The number of nitrogens with two attached hydrogens (primary N) is 1. The van der Waals surface area contributed by atoms with Crippen molar-refractivity contribution < 1.29 is 10.1 Å². The zero-order valence-electron chi connectivity index (χ0n) is 14.0. The Labute approximate surface area is 143 Å². The average Bonchev–Trinajstić information content (AvgIpc) is 3.03. The molecule has 1 heterocycles. The fourth-order valence-electron chi connectivity index (χ4n) is 2.70. The molecule has 0 spiro atoms. The van der Waals surface area contributed by atoms with Crippen LogP contribution in [0.4, 0.5) is 5.69 Å². The highest BCUT2D eigenvalue weighted by molar-refractivity contribution is 7.99. The summed E-state index contributed by atoms with van der Waals surface area (Å²) in [5.41, 5.74) is 3.78. The smallest absolute Gasteiger partial charge is 0.217 e. The lowest BCUT2D eigenvalue weighted by molar-refractivity contribution is -0.697. The fraction of sp³-hybridized carbons (Fsp3) is 0.368. The fourth-order valence-corrected chi connectivity index (χ4v) is 3.62. The van der Waals surface area contributed by atoms with Crippen molar-refractivity contribution in [2.75, 3.05) is 31.3 Å². The zero-order chi connectivity index (χ0) is 16.2. The van der Waals surface area contributed by atoms with Crippen molar-refractivity contribution in [1.82, 2.24) is 0 Å². The predicted molar refractivity (Wildman–Crippen MR) is 97.1 cm³/mol. The topological polar surface area (TPSA) is 29.1 Å². The van der Waals surface area contributed by atoms with E-state index in [4.69, 9.17) is 4.74 Å². The van der Waals surface area contributed by atoms with Crippen LogP contribution in [0.15, 0.2) is 53.4 Å². The molecule has 0 amide bonds. The summed E-state index contributed by atoms with van der Waals surface area (Å²) in [7, 11) is 4.12. The number of nitrogens with zero attached hydrogens (tertiary/aromatic N) is 1. The van der Waals surface area contributed by atoms with E-state index in [1.165, 1.54) is 21.7 Å². The molecule has 0 aromatic heterocycles. The molecule has 23 heavy (non-hydrogen) atoms. The number of thioether (sulfide) groups is 1. The van der Waals surface area contributed by atoms with Crippen molar-refractivity contribution in [2.45, 2.75) is 24.2 Å². The van der Waals surface area contributed by atoms with E-state index >= 15 is 0 Å². The van der Waals surface area contributed by atoms with Gasteiger partial charge < -0.3 is 15.0 Å². The van der Waals surface area contributed by atoms with Gasteiger partial charge in [0.1, 0.15) is 12.6 Å². The summed E-state index contributed by atoms with van der Waals surface area (Å²) in [5, 5.41) is 2.30. The van der Waals surface area contributed by atoms with Crippen molar-refractivity contribution in [3.8, 4) is 0 Å². The van der Waals surface area contributed by atoms with Crippen LogP contribution < -0.4 is 10.2 Å². The molecule has 0 radical (unpaired) electrons. The van der Waals surface area contributed by atoms with Gasteiger partial charge in [-0.1, -0.05) is 17.7 Å². The minimum Gasteiger partial charge on any atom is -0.378 e. The van der Waals surface area contributed by atoms with Crippen molar-refractivity contribution in [2.24, 2.45) is 0 Å². The van der Waals surface area contributed by atoms with Crippen molar-refractivity contribution in [3.05, 3.63) is 59.7 Å². The molecule has 1 fully saturated rings. The van der Waals surface area contributed by atoms with Crippen LogP contribution in [-0.2, 0) is 4.74 Å². The molecule has 2 aromatic carbocycles. The molecule has 2 atom stereocenters. The van der Waals surface area contributed by atoms with Gasteiger partial charge in [0.05, 0.1) is 0 Å². The molecular weight excluding hydrogens is 304 g/mol. The summed E-state index contributed by atoms with van der Waals surface area (Å²) >= 11 is 1.88. The molecule has 3 rings (SSSR count). The third-order valence-corrected chi connectivity index (χ3v) is 5.29. The van der Waals surface area contributed by atoms with Gasteiger partial charge in [-0.3, -0.25) is 0 Å². The maximum atomic E-state index is 6.20.